The third kappa shape index (κ3) is 3.67. The first kappa shape index (κ1) is 20.0. The van der Waals surface area contributed by atoms with Crippen LogP contribution in [-0.4, -0.2) is 47.0 Å². The minimum absolute atomic E-state index is 0.00358. The Morgan fingerprint density at radius 2 is 2.10 bits per heavy atom. The Hall–Kier alpha value is -2.32. The lowest BCUT2D eigenvalue weighted by Gasteiger charge is -2.34. The van der Waals surface area contributed by atoms with Crippen LogP contribution in [0.4, 0.5) is 0 Å². The van der Waals surface area contributed by atoms with Gasteiger partial charge in [0.05, 0.1) is 27.3 Å². The number of nitrogens with one attached hydrogen (secondary N) is 1. The van der Waals surface area contributed by atoms with Gasteiger partial charge in [-0.25, -0.2) is 4.98 Å². The average Bonchev–Trinajstić information content (AvgIpc) is 3.27. The second-order valence-corrected chi connectivity index (χ2v) is 8.78. The van der Waals surface area contributed by atoms with E-state index in [1.54, 1.807) is 18.7 Å². The summed E-state index contributed by atoms with van der Waals surface area (Å²) in [5.41, 5.74) is 1.10. The highest BCUT2D eigenvalue weighted by Gasteiger charge is 2.35. The fourth-order valence-corrected chi connectivity index (χ4v) is 5.48. The summed E-state index contributed by atoms with van der Waals surface area (Å²) in [5, 5.41) is 15.5. The molecule has 1 unspecified atom stereocenters. The Balaban J connectivity index is 1.83. The first-order valence-electron chi connectivity index (χ1n) is 10.2. The molecule has 8 heteroatoms. The lowest BCUT2D eigenvalue weighted by atomic mass is 9.95. The number of thiazole rings is 1. The zero-order valence-corrected chi connectivity index (χ0v) is 18.3. The van der Waals surface area contributed by atoms with Crippen LogP contribution in [0, 0.1) is 5.92 Å². The molecule has 1 fully saturated rings. The summed E-state index contributed by atoms with van der Waals surface area (Å²) in [6, 6.07) is 6.04. The lowest BCUT2D eigenvalue weighted by molar-refractivity contribution is -0.933. The number of piperidine rings is 1. The van der Waals surface area contributed by atoms with E-state index in [1.165, 1.54) is 29.1 Å². The number of ether oxygens (including phenoxy) is 2. The van der Waals surface area contributed by atoms with Crippen molar-refractivity contribution >= 4 is 16.3 Å². The highest BCUT2D eigenvalue weighted by Crippen LogP contribution is 2.38. The van der Waals surface area contributed by atoms with E-state index in [2.05, 4.69) is 23.1 Å². The zero-order chi connectivity index (χ0) is 20.5. The molecule has 0 saturated carbocycles. The molecule has 29 heavy (non-hydrogen) atoms. The molecule has 156 valence electrons. The molecule has 0 radical (unpaired) electrons. The summed E-state index contributed by atoms with van der Waals surface area (Å²) in [6.45, 7) is 6.45. The maximum Gasteiger partial charge on any atom is 0.235 e. The number of fused-ring (bicyclic) bond motifs is 1. The van der Waals surface area contributed by atoms with Gasteiger partial charge in [0, 0.05) is 17.9 Å². The van der Waals surface area contributed by atoms with Gasteiger partial charge in [0.15, 0.2) is 23.4 Å². The number of rotatable bonds is 6. The second-order valence-electron chi connectivity index (χ2n) is 7.77. The molecule has 0 aliphatic carbocycles. The van der Waals surface area contributed by atoms with Crippen molar-refractivity contribution in [2.45, 2.75) is 39.2 Å². The third-order valence-corrected chi connectivity index (χ3v) is 6.86. The summed E-state index contributed by atoms with van der Waals surface area (Å²) in [6.07, 6.45) is 3.18. The third-order valence-electron chi connectivity index (χ3n) is 5.78. The number of hydrogen-bond acceptors (Lipinski definition) is 6. The molecule has 1 aliphatic rings. The van der Waals surface area contributed by atoms with Crippen LogP contribution in [0.25, 0.3) is 4.96 Å². The quantitative estimate of drug-likeness (QED) is 0.645. The van der Waals surface area contributed by atoms with Crippen LogP contribution in [0.1, 0.15) is 49.0 Å². The molecule has 1 aromatic carbocycles. The van der Waals surface area contributed by atoms with Gasteiger partial charge >= 0.3 is 0 Å². The Morgan fingerprint density at radius 1 is 1.31 bits per heavy atom. The fourth-order valence-electron chi connectivity index (χ4n) is 4.32. The van der Waals surface area contributed by atoms with Crippen molar-refractivity contribution in [1.82, 2.24) is 14.6 Å². The molecule has 4 rings (SSSR count). The van der Waals surface area contributed by atoms with Gasteiger partial charge in [0.25, 0.3) is 0 Å². The number of benzene rings is 1. The maximum absolute atomic E-state index is 11.1. The van der Waals surface area contributed by atoms with Gasteiger partial charge < -0.3 is 19.5 Å². The molecule has 2 N–H and O–H groups in total. The second kappa shape index (κ2) is 8.20. The molecule has 3 aromatic rings. The molecular weight excluding hydrogens is 388 g/mol. The van der Waals surface area contributed by atoms with Crippen LogP contribution < -0.4 is 14.4 Å². The number of nitrogens with zero attached hydrogens (tertiary/aromatic N) is 3. The van der Waals surface area contributed by atoms with E-state index in [-0.39, 0.29) is 11.9 Å². The fraction of sp³-hybridized carbons (Fsp3) is 0.524. The number of likely N-dealkylation sites (tertiary alicyclic amines) is 1. The van der Waals surface area contributed by atoms with Crippen molar-refractivity contribution in [2.24, 2.45) is 5.92 Å². The molecule has 0 bridgehead atoms. The van der Waals surface area contributed by atoms with E-state index in [0.717, 1.165) is 40.7 Å². The highest BCUT2D eigenvalue weighted by molar-refractivity contribution is 7.17. The number of quaternary nitrogens is 1. The summed E-state index contributed by atoms with van der Waals surface area (Å²) in [5.74, 6) is 3.00. The van der Waals surface area contributed by atoms with Crippen molar-refractivity contribution in [3.8, 4) is 17.4 Å². The van der Waals surface area contributed by atoms with Gasteiger partial charge in [0.2, 0.25) is 10.8 Å². The number of methoxy groups -OCH3 is 2. The van der Waals surface area contributed by atoms with Crippen LogP contribution in [0.5, 0.6) is 17.4 Å². The van der Waals surface area contributed by atoms with Gasteiger partial charge in [-0.05, 0) is 31.0 Å². The van der Waals surface area contributed by atoms with Crippen molar-refractivity contribution in [3.05, 3.63) is 34.5 Å². The van der Waals surface area contributed by atoms with Gasteiger partial charge in [-0.3, -0.25) is 0 Å². The predicted octanol–water partition coefficient (Wildman–Crippen LogP) is 2.48. The molecule has 3 heterocycles. The van der Waals surface area contributed by atoms with E-state index >= 15 is 0 Å². The van der Waals surface area contributed by atoms with Crippen LogP contribution in [-0.2, 0) is 6.42 Å². The van der Waals surface area contributed by atoms with Crippen molar-refractivity contribution in [3.63, 3.8) is 0 Å². The maximum atomic E-state index is 11.1. The van der Waals surface area contributed by atoms with Gasteiger partial charge in [-0.2, -0.15) is 4.52 Å². The molecule has 2 aromatic heterocycles. The number of aryl methyl sites for hydroxylation is 1. The smallest absolute Gasteiger partial charge is 0.235 e. The summed E-state index contributed by atoms with van der Waals surface area (Å²) in [4.78, 5) is 7.66. The number of hydrogen-bond donors (Lipinski definition) is 2. The van der Waals surface area contributed by atoms with Crippen LogP contribution in [0.15, 0.2) is 18.2 Å². The standard InChI is InChI=1S/C21H28N4O3S/c1-5-17-22-21-25(23-17)20(26)19(29-21)18(24-10-6-7-13(2)12-24)14-8-9-15(27-3)16(11-14)28-4/h8-9,11,13,18,26H,5-7,10,12H2,1-4H3/p+1/t13-,18-/m0/s1. The van der Waals surface area contributed by atoms with Crippen molar-refractivity contribution in [2.75, 3.05) is 27.3 Å². The van der Waals surface area contributed by atoms with E-state index in [4.69, 9.17) is 9.47 Å². The minimum atomic E-state index is -0.00358. The Labute approximate surface area is 174 Å². The molecule has 7 nitrogen and oxygen atoms in total. The zero-order valence-electron chi connectivity index (χ0n) is 17.4. The minimum Gasteiger partial charge on any atom is -0.493 e. The van der Waals surface area contributed by atoms with Crippen molar-refractivity contribution in [1.29, 1.82) is 0 Å². The largest absolute Gasteiger partial charge is 0.493 e. The first-order chi connectivity index (χ1) is 14.0. The molecule has 0 amide bonds. The van der Waals surface area contributed by atoms with E-state index < -0.39 is 0 Å². The predicted molar refractivity (Wildman–Crippen MR) is 112 cm³/mol. The number of aromatic nitrogens is 3. The molecule has 1 saturated heterocycles. The van der Waals surface area contributed by atoms with Gasteiger partial charge in [-0.1, -0.05) is 25.2 Å². The molecule has 1 aliphatic heterocycles. The van der Waals surface area contributed by atoms with Crippen LogP contribution in [0.3, 0.4) is 0 Å². The molecule has 3 atom stereocenters. The molecule has 0 spiro atoms. The monoisotopic (exact) mass is 417 g/mol. The van der Waals surface area contributed by atoms with Crippen molar-refractivity contribution < 1.29 is 19.5 Å². The average molecular weight is 418 g/mol. The van der Waals surface area contributed by atoms with Gasteiger partial charge in [-0.15, -0.1) is 5.10 Å². The molecular formula is C21H29N4O3S+. The summed E-state index contributed by atoms with van der Waals surface area (Å²) < 4.78 is 12.6. The van der Waals surface area contributed by atoms with Crippen LogP contribution >= 0.6 is 11.3 Å². The van der Waals surface area contributed by atoms with E-state index in [9.17, 15) is 5.11 Å². The van der Waals surface area contributed by atoms with E-state index in [1.807, 2.05) is 19.1 Å². The van der Waals surface area contributed by atoms with Gasteiger partial charge in [0.1, 0.15) is 4.88 Å². The Kier molecular flexibility index (Phi) is 5.65. The lowest BCUT2D eigenvalue weighted by Crippen LogP contribution is -3.13. The topological polar surface area (TPSA) is 73.3 Å². The Morgan fingerprint density at radius 3 is 2.76 bits per heavy atom. The summed E-state index contributed by atoms with van der Waals surface area (Å²) >= 11 is 1.53. The normalized spacial score (nSPS) is 20.7. The van der Waals surface area contributed by atoms with E-state index in [0.29, 0.717) is 17.4 Å². The SMILES string of the molecule is CCc1nc2sc([C@H](c3ccc(OC)c(OC)c3)[NH+]3CCC[C@H](C)C3)c(O)n2n1. The first-order valence-corrected chi connectivity index (χ1v) is 11.0. The Bertz CT molecular complexity index is 999. The van der Waals surface area contributed by atoms with Crippen LogP contribution in [0.2, 0.25) is 0 Å². The number of aromatic hydroxyl groups is 1. The highest BCUT2D eigenvalue weighted by atomic mass is 32.1. The summed E-state index contributed by atoms with van der Waals surface area (Å²) in [7, 11) is 3.29.